The van der Waals surface area contributed by atoms with E-state index in [2.05, 4.69) is 9.83 Å². The minimum Gasteiger partial charge on any atom is -0.490 e. The first kappa shape index (κ1) is 13.4. The predicted molar refractivity (Wildman–Crippen MR) is 76.0 cm³/mol. The Hall–Kier alpha value is -2.56. The van der Waals surface area contributed by atoms with Crippen molar-refractivity contribution in [1.82, 2.24) is 4.98 Å². The van der Waals surface area contributed by atoms with Gasteiger partial charge >= 0.3 is 7.12 Å². The molecule has 7 heteroatoms. The molecule has 0 saturated heterocycles. The monoisotopic (exact) mass is 282 g/mol. The van der Waals surface area contributed by atoms with Crippen LogP contribution in [-0.2, 0) is 11.3 Å². The van der Waals surface area contributed by atoms with E-state index in [9.17, 15) is 5.02 Å². The number of fused-ring (bicyclic) bond motifs is 1. The molecule has 2 heterocycles. The van der Waals surface area contributed by atoms with Crippen molar-refractivity contribution in [2.24, 2.45) is 0 Å². The number of methoxy groups -OCH3 is 1. The summed E-state index contributed by atoms with van der Waals surface area (Å²) in [5, 5.41) is 9.57. The van der Waals surface area contributed by atoms with Crippen LogP contribution in [0.3, 0.4) is 0 Å². The third kappa shape index (κ3) is 2.54. The molecule has 2 aromatic rings. The third-order valence-corrected chi connectivity index (χ3v) is 3.13. The van der Waals surface area contributed by atoms with Crippen molar-refractivity contribution in [3.63, 3.8) is 0 Å². The highest BCUT2D eigenvalue weighted by atomic mass is 16.5. The molecule has 0 aliphatic carbocycles. The number of hydrogen-bond acceptors (Lipinski definition) is 5. The molecule has 104 valence electrons. The summed E-state index contributed by atoms with van der Waals surface area (Å²) in [6, 6.07) is 8.48. The summed E-state index contributed by atoms with van der Waals surface area (Å²) in [6.07, 6.45) is 0. The van der Waals surface area contributed by atoms with Gasteiger partial charge in [0.05, 0.1) is 20.3 Å². The second-order valence-electron chi connectivity index (χ2n) is 4.42. The fraction of sp³-hybridized carbons (Fsp3) is 0.143. The number of ether oxygens (including phenoxy) is 2. The van der Waals surface area contributed by atoms with Crippen molar-refractivity contribution in [1.29, 1.82) is 0 Å². The maximum absolute atomic E-state index is 9.57. The molecular weight excluding hydrogens is 271 g/mol. The van der Waals surface area contributed by atoms with Crippen molar-refractivity contribution < 1.29 is 19.2 Å². The van der Waals surface area contributed by atoms with Crippen molar-refractivity contribution in [3.05, 3.63) is 47.3 Å². The Morgan fingerprint density at radius 2 is 2.24 bits per heavy atom. The normalized spacial score (nSPS) is 12.7. The van der Waals surface area contributed by atoms with Gasteiger partial charge < -0.3 is 19.2 Å². The summed E-state index contributed by atoms with van der Waals surface area (Å²) in [6.45, 7) is 7.36. The van der Waals surface area contributed by atoms with Gasteiger partial charge in [0.15, 0.2) is 0 Å². The molecule has 3 rings (SSSR count). The van der Waals surface area contributed by atoms with E-state index in [0.29, 0.717) is 23.9 Å². The number of nitrogens with zero attached hydrogens (tertiary/aromatic N) is 2. The highest BCUT2D eigenvalue weighted by molar-refractivity contribution is 6.61. The van der Waals surface area contributed by atoms with E-state index in [4.69, 9.17) is 20.7 Å². The lowest BCUT2D eigenvalue weighted by Gasteiger charge is -2.08. The lowest BCUT2D eigenvalue weighted by molar-refractivity contribution is 0.275. The van der Waals surface area contributed by atoms with Crippen molar-refractivity contribution in [2.45, 2.75) is 6.61 Å². The fourth-order valence-electron chi connectivity index (χ4n) is 2.10. The van der Waals surface area contributed by atoms with Gasteiger partial charge in [0.25, 0.3) is 0 Å². The SMILES string of the molecule is [C-]#[N+]c1ccc(Oc2ccc3c(c2)COB3O)nc1OC. The van der Waals surface area contributed by atoms with Crippen molar-refractivity contribution in [2.75, 3.05) is 7.11 Å². The van der Waals surface area contributed by atoms with Crippen LogP contribution in [0.5, 0.6) is 17.5 Å². The largest absolute Gasteiger partial charge is 0.491 e. The number of benzene rings is 1. The standard InChI is InChI=1S/C14H11BN2O4/c1-16-12-5-6-13(17-14(12)19-2)21-10-3-4-11-9(7-10)8-20-15(11)18/h3-7,18H,8H2,2H3. The molecule has 0 radical (unpaired) electrons. The zero-order chi connectivity index (χ0) is 14.8. The first-order chi connectivity index (χ1) is 10.2. The quantitative estimate of drug-likeness (QED) is 0.685. The average Bonchev–Trinajstić information content (AvgIpc) is 2.88. The topological polar surface area (TPSA) is 65.2 Å². The molecule has 1 N–H and O–H groups in total. The van der Waals surface area contributed by atoms with Crippen LogP contribution in [0.4, 0.5) is 5.69 Å². The van der Waals surface area contributed by atoms with Crippen LogP contribution < -0.4 is 14.9 Å². The Balaban J connectivity index is 1.86. The maximum atomic E-state index is 9.57. The molecule has 21 heavy (non-hydrogen) atoms. The number of aromatic nitrogens is 1. The van der Waals surface area contributed by atoms with Gasteiger partial charge in [0, 0.05) is 0 Å². The molecule has 0 atom stereocenters. The molecule has 1 aliphatic heterocycles. The van der Waals surface area contributed by atoms with Gasteiger partial charge in [-0.05, 0) is 35.3 Å². The van der Waals surface area contributed by atoms with E-state index in [1.54, 1.807) is 30.3 Å². The molecule has 0 amide bonds. The molecule has 1 aliphatic rings. The average molecular weight is 282 g/mol. The van der Waals surface area contributed by atoms with Gasteiger partial charge in [-0.1, -0.05) is 6.07 Å². The highest BCUT2D eigenvalue weighted by Gasteiger charge is 2.27. The lowest BCUT2D eigenvalue weighted by atomic mass is 9.80. The molecule has 6 nitrogen and oxygen atoms in total. The van der Waals surface area contributed by atoms with Crippen molar-refractivity contribution >= 4 is 18.3 Å². The fourth-order valence-corrected chi connectivity index (χ4v) is 2.10. The lowest BCUT2D eigenvalue weighted by Crippen LogP contribution is -2.27. The van der Waals surface area contributed by atoms with E-state index >= 15 is 0 Å². The summed E-state index contributed by atoms with van der Waals surface area (Å²) in [5.41, 5.74) is 1.95. The Morgan fingerprint density at radius 1 is 1.38 bits per heavy atom. The van der Waals surface area contributed by atoms with Gasteiger partial charge in [-0.25, -0.2) is 4.85 Å². The summed E-state index contributed by atoms with van der Waals surface area (Å²) >= 11 is 0. The number of hydrogen-bond donors (Lipinski definition) is 1. The van der Waals surface area contributed by atoms with Crippen LogP contribution in [-0.4, -0.2) is 24.2 Å². The van der Waals surface area contributed by atoms with E-state index in [0.717, 1.165) is 11.0 Å². The number of rotatable bonds is 3. The smallest absolute Gasteiger partial charge is 0.490 e. The predicted octanol–water partition coefficient (Wildman–Crippen LogP) is 1.65. The van der Waals surface area contributed by atoms with Gasteiger partial charge in [-0.3, -0.25) is 0 Å². The van der Waals surface area contributed by atoms with Crippen LogP contribution in [0, 0.1) is 6.57 Å². The van der Waals surface area contributed by atoms with Crippen LogP contribution in [0.1, 0.15) is 5.56 Å². The van der Waals surface area contributed by atoms with E-state index in [1.807, 2.05) is 0 Å². The highest BCUT2D eigenvalue weighted by Crippen LogP contribution is 2.30. The van der Waals surface area contributed by atoms with Crippen molar-refractivity contribution in [3.8, 4) is 17.5 Å². The second-order valence-corrected chi connectivity index (χ2v) is 4.42. The third-order valence-electron chi connectivity index (χ3n) is 3.13. The van der Waals surface area contributed by atoms with Gasteiger partial charge in [-0.15, -0.1) is 0 Å². The molecule has 0 spiro atoms. The van der Waals surface area contributed by atoms with Gasteiger partial charge in [-0.2, -0.15) is 4.98 Å². The van der Waals surface area contributed by atoms with Crippen LogP contribution in [0.2, 0.25) is 0 Å². The molecule has 0 fully saturated rings. The van der Waals surface area contributed by atoms with E-state index in [1.165, 1.54) is 7.11 Å². The summed E-state index contributed by atoms with van der Waals surface area (Å²) in [5.74, 6) is 1.14. The van der Waals surface area contributed by atoms with Gasteiger partial charge in [0.2, 0.25) is 17.4 Å². The van der Waals surface area contributed by atoms with E-state index in [-0.39, 0.29) is 5.88 Å². The number of pyridine rings is 1. The minimum absolute atomic E-state index is 0.224. The molecule has 1 aromatic heterocycles. The van der Waals surface area contributed by atoms with Crippen LogP contribution in [0.15, 0.2) is 30.3 Å². The maximum Gasteiger partial charge on any atom is 0.491 e. The molecular formula is C14H11BN2O4. The Bertz CT molecular complexity index is 729. The zero-order valence-electron chi connectivity index (χ0n) is 11.2. The van der Waals surface area contributed by atoms with Crippen LogP contribution >= 0.6 is 0 Å². The molecule has 0 bridgehead atoms. The summed E-state index contributed by atoms with van der Waals surface area (Å²) < 4.78 is 15.8. The van der Waals surface area contributed by atoms with E-state index < -0.39 is 7.12 Å². The summed E-state index contributed by atoms with van der Waals surface area (Å²) in [7, 11) is 0.583. The minimum atomic E-state index is -0.870. The molecule has 1 aromatic carbocycles. The van der Waals surface area contributed by atoms with Gasteiger partial charge in [0.1, 0.15) is 5.75 Å². The Kier molecular flexibility index (Phi) is 3.48. The van der Waals surface area contributed by atoms with Crippen LogP contribution in [0.25, 0.3) is 4.85 Å². The second kappa shape index (κ2) is 5.44. The Morgan fingerprint density at radius 3 is 3.00 bits per heavy atom. The first-order valence-corrected chi connectivity index (χ1v) is 6.24. The molecule has 0 unspecified atom stereocenters. The molecule has 0 saturated carbocycles. The first-order valence-electron chi connectivity index (χ1n) is 6.24. The Labute approximate surface area is 121 Å². The summed E-state index contributed by atoms with van der Waals surface area (Å²) in [4.78, 5) is 7.43. The zero-order valence-corrected chi connectivity index (χ0v) is 11.2.